The Hall–Kier alpha value is -1.17. The lowest BCUT2D eigenvalue weighted by Gasteiger charge is -2.17. The zero-order chi connectivity index (χ0) is 13.0. The minimum atomic E-state index is -1.80. The van der Waals surface area contributed by atoms with Gasteiger partial charge in [-0.1, -0.05) is 12.1 Å². The van der Waals surface area contributed by atoms with Crippen LogP contribution < -0.4 is 10.6 Å². The van der Waals surface area contributed by atoms with E-state index < -0.39 is 11.6 Å². The second-order valence-corrected chi connectivity index (χ2v) is 4.52. The molecule has 1 atom stereocenters. The van der Waals surface area contributed by atoms with Crippen LogP contribution in [-0.2, 0) is 11.2 Å². The van der Waals surface area contributed by atoms with E-state index in [1.54, 1.807) is 12.1 Å². The molecule has 0 aromatic heterocycles. The number of amides is 1. The number of hydrogen-bond acceptors (Lipinski definition) is 3. The number of alkyl halides is 1. The fraction of sp³-hybridized carbons (Fsp3) is 0.462. The van der Waals surface area contributed by atoms with Crippen molar-refractivity contribution >= 4 is 24.0 Å². The number of halogens is 2. The van der Waals surface area contributed by atoms with Crippen molar-refractivity contribution in [2.24, 2.45) is 0 Å². The topological polar surface area (TPSA) is 61.4 Å². The first-order chi connectivity index (χ1) is 8.64. The number of aliphatic hydroxyl groups is 1. The Bertz CT molecular complexity index is 419. The fourth-order valence-corrected chi connectivity index (χ4v) is 1.98. The number of benzene rings is 1. The monoisotopic (exact) mass is 288 g/mol. The third kappa shape index (κ3) is 3.89. The van der Waals surface area contributed by atoms with Crippen LogP contribution in [0.25, 0.3) is 0 Å². The maximum atomic E-state index is 14.1. The predicted molar refractivity (Wildman–Crippen MR) is 74.4 cm³/mol. The zero-order valence-corrected chi connectivity index (χ0v) is 11.3. The highest BCUT2D eigenvalue weighted by Crippen LogP contribution is 2.22. The molecular weight excluding hydrogens is 271 g/mol. The number of aliphatic hydroxyl groups excluding tert-OH is 1. The van der Waals surface area contributed by atoms with Crippen molar-refractivity contribution in [1.29, 1.82) is 0 Å². The maximum Gasteiger partial charge on any atom is 0.263 e. The molecule has 2 rings (SSSR count). The van der Waals surface area contributed by atoms with Gasteiger partial charge in [0.2, 0.25) is 5.67 Å². The Morgan fingerprint density at radius 1 is 1.42 bits per heavy atom. The highest BCUT2D eigenvalue weighted by atomic mass is 35.5. The molecule has 19 heavy (non-hydrogen) atoms. The minimum Gasteiger partial charge on any atom is -0.396 e. The smallest absolute Gasteiger partial charge is 0.263 e. The molecule has 1 aromatic rings. The lowest BCUT2D eigenvalue weighted by molar-refractivity contribution is -0.126. The quantitative estimate of drug-likeness (QED) is 0.782. The standard InChI is InChI=1S/C13H17FN2O2.ClH/c14-13(6-7-15-9-13)12(18)16-11-3-1-10(2-4-11)5-8-17;/h1-4,15,17H,5-9H2,(H,16,18);1H. The first-order valence-electron chi connectivity index (χ1n) is 6.05. The van der Waals surface area contributed by atoms with E-state index in [9.17, 15) is 9.18 Å². The second kappa shape index (κ2) is 6.84. The van der Waals surface area contributed by atoms with E-state index in [4.69, 9.17) is 5.11 Å². The fourth-order valence-electron chi connectivity index (χ4n) is 1.98. The van der Waals surface area contributed by atoms with Gasteiger partial charge in [-0.05, 0) is 30.7 Å². The molecule has 1 amide bonds. The molecule has 1 aliphatic rings. The predicted octanol–water partition coefficient (Wildman–Crippen LogP) is 1.28. The average molecular weight is 289 g/mol. The number of rotatable bonds is 4. The number of hydrogen-bond donors (Lipinski definition) is 3. The minimum absolute atomic E-state index is 0. The molecule has 1 heterocycles. The summed E-state index contributed by atoms with van der Waals surface area (Å²) in [5.41, 5.74) is -0.248. The summed E-state index contributed by atoms with van der Waals surface area (Å²) in [5, 5.41) is 14.2. The van der Waals surface area contributed by atoms with E-state index in [1.165, 1.54) is 0 Å². The van der Waals surface area contributed by atoms with Crippen LogP contribution in [0.4, 0.5) is 10.1 Å². The summed E-state index contributed by atoms with van der Waals surface area (Å²) < 4.78 is 14.1. The lowest BCUT2D eigenvalue weighted by Crippen LogP contribution is -2.40. The van der Waals surface area contributed by atoms with Crippen LogP contribution in [-0.4, -0.2) is 36.4 Å². The summed E-state index contributed by atoms with van der Waals surface area (Å²) in [7, 11) is 0. The van der Waals surface area contributed by atoms with E-state index in [-0.39, 0.29) is 32.0 Å². The van der Waals surface area contributed by atoms with Crippen molar-refractivity contribution in [3.8, 4) is 0 Å². The van der Waals surface area contributed by atoms with Crippen LogP contribution >= 0.6 is 12.4 Å². The van der Waals surface area contributed by atoms with Crippen LogP contribution in [0.15, 0.2) is 24.3 Å². The van der Waals surface area contributed by atoms with Gasteiger partial charge < -0.3 is 15.7 Å². The van der Waals surface area contributed by atoms with E-state index in [2.05, 4.69) is 10.6 Å². The van der Waals surface area contributed by atoms with Gasteiger partial charge in [0.25, 0.3) is 5.91 Å². The number of nitrogens with one attached hydrogen (secondary N) is 2. The third-order valence-corrected chi connectivity index (χ3v) is 3.12. The molecule has 106 valence electrons. The summed E-state index contributed by atoms with van der Waals surface area (Å²) in [6.45, 7) is 0.686. The molecule has 4 nitrogen and oxygen atoms in total. The van der Waals surface area contributed by atoms with Crippen LogP contribution in [0.1, 0.15) is 12.0 Å². The van der Waals surface area contributed by atoms with Crippen molar-refractivity contribution in [3.05, 3.63) is 29.8 Å². The van der Waals surface area contributed by atoms with Crippen molar-refractivity contribution in [2.75, 3.05) is 25.0 Å². The van der Waals surface area contributed by atoms with Gasteiger partial charge in [-0.3, -0.25) is 4.79 Å². The lowest BCUT2D eigenvalue weighted by atomic mass is 10.0. The van der Waals surface area contributed by atoms with Crippen molar-refractivity contribution in [2.45, 2.75) is 18.5 Å². The molecule has 3 N–H and O–H groups in total. The molecule has 0 bridgehead atoms. The molecule has 1 fully saturated rings. The van der Waals surface area contributed by atoms with Crippen LogP contribution in [0.3, 0.4) is 0 Å². The van der Waals surface area contributed by atoms with Crippen LogP contribution in [0.5, 0.6) is 0 Å². The molecule has 1 saturated heterocycles. The van der Waals surface area contributed by atoms with Crippen LogP contribution in [0.2, 0.25) is 0 Å². The van der Waals surface area contributed by atoms with Gasteiger partial charge in [0.1, 0.15) is 0 Å². The first-order valence-corrected chi connectivity index (χ1v) is 6.05. The van der Waals surface area contributed by atoms with Gasteiger partial charge in [0.15, 0.2) is 0 Å². The van der Waals surface area contributed by atoms with Crippen molar-refractivity contribution in [3.63, 3.8) is 0 Å². The zero-order valence-electron chi connectivity index (χ0n) is 10.5. The number of carbonyl (C=O) groups excluding carboxylic acids is 1. The number of carbonyl (C=O) groups is 1. The van der Waals surface area contributed by atoms with Crippen molar-refractivity contribution in [1.82, 2.24) is 5.32 Å². The molecule has 0 saturated carbocycles. The van der Waals surface area contributed by atoms with Gasteiger partial charge >= 0.3 is 0 Å². The Morgan fingerprint density at radius 2 is 2.11 bits per heavy atom. The highest BCUT2D eigenvalue weighted by molar-refractivity contribution is 5.97. The normalized spacial score (nSPS) is 21.8. The molecule has 0 aliphatic carbocycles. The molecule has 0 radical (unpaired) electrons. The summed E-state index contributed by atoms with van der Waals surface area (Å²) in [6.07, 6.45) is 0.784. The largest absolute Gasteiger partial charge is 0.396 e. The molecule has 1 aliphatic heterocycles. The van der Waals surface area contributed by atoms with E-state index in [0.717, 1.165) is 5.56 Å². The van der Waals surface area contributed by atoms with Crippen LogP contribution in [0, 0.1) is 0 Å². The molecule has 6 heteroatoms. The molecular formula is C13H18ClFN2O2. The van der Waals surface area contributed by atoms with Gasteiger partial charge in [-0.15, -0.1) is 12.4 Å². The molecule has 1 aromatic carbocycles. The second-order valence-electron chi connectivity index (χ2n) is 4.52. The summed E-state index contributed by atoms with van der Waals surface area (Å²) in [4.78, 5) is 11.8. The molecule has 0 spiro atoms. The Morgan fingerprint density at radius 3 is 2.63 bits per heavy atom. The Labute approximate surface area is 117 Å². The SMILES string of the molecule is Cl.O=C(Nc1ccc(CCO)cc1)C1(F)CCNC1. The van der Waals surface area contributed by atoms with Gasteiger partial charge in [0.05, 0.1) is 0 Å². The van der Waals surface area contributed by atoms with Gasteiger partial charge in [-0.2, -0.15) is 0 Å². The summed E-state index contributed by atoms with van der Waals surface area (Å²) >= 11 is 0. The van der Waals surface area contributed by atoms with E-state index >= 15 is 0 Å². The van der Waals surface area contributed by atoms with E-state index in [0.29, 0.717) is 18.7 Å². The Balaban J connectivity index is 0.00000180. The van der Waals surface area contributed by atoms with Gasteiger partial charge in [0, 0.05) is 25.3 Å². The first kappa shape index (κ1) is 15.9. The summed E-state index contributed by atoms with van der Waals surface area (Å²) in [6, 6.07) is 7.05. The third-order valence-electron chi connectivity index (χ3n) is 3.12. The van der Waals surface area contributed by atoms with Crippen molar-refractivity contribution < 1.29 is 14.3 Å². The highest BCUT2D eigenvalue weighted by Gasteiger charge is 2.41. The maximum absolute atomic E-state index is 14.1. The Kier molecular flexibility index (Phi) is 5.72. The molecule has 1 unspecified atom stereocenters. The van der Waals surface area contributed by atoms with Gasteiger partial charge in [-0.25, -0.2) is 4.39 Å². The number of anilines is 1. The average Bonchev–Trinajstić information content (AvgIpc) is 2.80. The summed E-state index contributed by atoms with van der Waals surface area (Å²) in [5.74, 6) is -0.595. The van der Waals surface area contributed by atoms with E-state index in [1.807, 2.05) is 12.1 Å².